The van der Waals surface area contributed by atoms with Crippen LogP contribution in [0.2, 0.25) is 88.1 Å². The van der Waals surface area contributed by atoms with Crippen molar-refractivity contribution < 1.29 is 43.9 Å². The summed E-state index contributed by atoms with van der Waals surface area (Å²) in [5, 5.41) is 0. The summed E-state index contributed by atoms with van der Waals surface area (Å²) in [6.07, 6.45) is 0. The lowest BCUT2D eigenvalue weighted by Crippen LogP contribution is -2.56. The van der Waals surface area contributed by atoms with Gasteiger partial charge in [-0.1, -0.05) is 37.3 Å². The smallest absolute Gasteiger partial charge is 0.361 e. The lowest BCUT2D eigenvalue weighted by molar-refractivity contribution is -0.135. The fourth-order valence-electron chi connectivity index (χ4n) is 6.59. The van der Waals surface area contributed by atoms with E-state index in [4.69, 9.17) is 43.9 Å². The van der Waals surface area contributed by atoms with Gasteiger partial charge in [0.1, 0.15) is 0 Å². The Morgan fingerprint density at radius 3 is 1.35 bits per heavy atom. The highest BCUT2D eigenvalue weighted by atomic mass is 28.5. The van der Waals surface area contributed by atoms with Gasteiger partial charge >= 0.3 is 42.8 Å². The van der Waals surface area contributed by atoms with Gasteiger partial charge in [0.15, 0.2) is 9.04 Å². The van der Waals surface area contributed by atoms with Crippen LogP contribution in [0.4, 0.5) is 0 Å². The minimum atomic E-state index is -2.99. The monoisotopic (exact) mass is 840 g/mol. The van der Waals surface area contributed by atoms with E-state index in [-0.39, 0.29) is 0 Å². The maximum absolute atomic E-state index is 7.40. The highest BCUT2D eigenvalue weighted by molar-refractivity contribution is 6.85. The van der Waals surface area contributed by atoms with Crippen molar-refractivity contribution >= 4 is 60.9 Å². The van der Waals surface area contributed by atoms with Gasteiger partial charge in [-0.25, -0.2) is 0 Å². The first-order valence-corrected chi connectivity index (χ1v) is 37.1. The van der Waals surface area contributed by atoms with Gasteiger partial charge in [0.05, 0.1) is 0 Å². The van der Waals surface area contributed by atoms with E-state index in [1.165, 1.54) is 5.56 Å². The first kappa shape index (κ1) is 49.4. The summed E-state index contributed by atoms with van der Waals surface area (Å²) in [6, 6.07) is 16.5. The molecule has 0 spiro atoms. The summed E-state index contributed by atoms with van der Waals surface area (Å²) in [6.45, 7) is 33.6. The molecule has 5 atom stereocenters. The maximum Gasteiger partial charge on any atom is 0.361 e. The molecular weight excluding hydrogens is 765 g/mol. The van der Waals surface area contributed by atoms with Crippen molar-refractivity contribution in [2.75, 3.05) is 39.6 Å². The zero-order chi connectivity index (χ0) is 38.6. The van der Waals surface area contributed by atoms with Crippen LogP contribution in [-0.2, 0) is 43.9 Å². The topological polar surface area (TPSA) is 92.3 Å². The third-order valence-electron chi connectivity index (χ3n) is 9.09. The molecule has 0 saturated heterocycles. The van der Waals surface area contributed by atoms with E-state index in [1.54, 1.807) is 0 Å². The quantitative estimate of drug-likeness (QED) is 0.0410. The van der Waals surface area contributed by atoms with E-state index in [1.807, 2.05) is 41.5 Å². The Morgan fingerprint density at radius 2 is 0.922 bits per heavy atom. The average molecular weight is 842 g/mol. The molecule has 5 unspecified atom stereocenters. The largest absolute Gasteiger partial charge is 0.439 e. The molecule has 0 saturated carbocycles. The summed E-state index contributed by atoms with van der Waals surface area (Å²) in [7, 11) is -16.5. The van der Waals surface area contributed by atoms with Crippen LogP contribution in [0.3, 0.4) is 0 Å². The molecule has 0 aliphatic heterocycles. The zero-order valence-corrected chi connectivity index (χ0v) is 42.2. The SMILES string of the molecule is CCO[Si](C)(CC[SiH](C)O[Si](C)(CC[Si](C)(OCC)OCC)O[Si](C)(CC[Si](C)(OCC)OCC)OO[SiH](C)CC(C)c1ccccc1)OCC. The molecule has 1 aromatic rings. The minimum absolute atomic E-state index is 0.383. The number of rotatable bonds is 31. The van der Waals surface area contributed by atoms with Crippen LogP contribution in [0, 0.1) is 0 Å². The Balaban J connectivity index is 3.42. The van der Waals surface area contributed by atoms with E-state index in [0.29, 0.717) is 51.6 Å². The second-order valence-electron chi connectivity index (χ2n) is 14.4. The average Bonchev–Trinajstić information content (AvgIpc) is 3.06. The number of hydrogen-bond acceptors (Lipinski definition) is 10. The van der Waals surface area contributed by atoms with Crippen LogP contribution in [0.15, 0.2) is 30.3 Å². The molecule has 0 aromatic heterocycles. The van der Waals surface area contributed by atoms with Crippen molar-refractivity contribution in [2.24, 2.45) is 0 Å². The number of benzene rings is 1. The normalized spacial score (nSPS) is 17.1. The second-order valence-corrected chi connectivity index (χ2v) is 36.4. The molecule has 1 rings (SSSR count). The minimum Gasteiger partial charge on any atom is -0.439 e. The third-order valence-corrected chi connectivity index (χ3v) is 32.5. The zero-order valence-electron chi connectivity index (χ0n) is 34.9. The van der Waals surface area contributed by atoms with Gasteiger partial charge < -0.3 is 34.8 Å². The lowest BCUT2D eigenvalue weighted by Gasteiger charge is -2.40. The van der Waals surface area contributed by atoms with Crippen molar-refractivity contribution in [2.45, 2.75) is 143 Å². The molecule has 0 N–H and O–H groups in total. The molecule has 10 nitrogen and oxygen atoms in total. The lowest BCUT2D eigenvalue weighted by atomic mass is 10.0. The van der Waals surface area contributed by atoms with Gasteiger partial charge in [0.25, 0.3) is 0 Å². The highest BCUT2D eigenvalue weighted by Gasteiger charge is 2.49. The summed E-state index contributed by atoms with van der Waals surface area (Å²) in [4.78, 5) is 0. The molecular formula is C34H76O10Si7. The van der Waals surface area contributed by atoms with Crippen LogP contribution >= 0.6 is 0 Å². The Kier molecular flexibility index (Phi) is 24.0. The van der Waals surface area contributed by atoms with Gasteiger partial charge in [-0.15, -0.1) is 0 Å². The predicted octanol–water partition coefficient (Wildman–Crippen LogP) is 9.06. The van der Waals surface area contributed by atoms with Gasteiger partial charge in [0.2, 0.25) is 9.04 Å². The summed E-state index contributed by atoms with van der Waals surface area (Å²) >= 11 is 0. The Bertz CT molecular complexity index is 1030. The maximum atomic E-state index is 7.40. The first-order chi connectivity index (χ1) is 24.0. The highest BCUT2D eigenvalue weighted by Crippen LogP contribution is 2.34. The standard InChI is InChI=1S/C34H76O10Si7/c1-15-35-47(10,36-16-2)27-26-45(8)43-51(14,31-29-49(12,39-19-5)40-20-6)44-50(13,30-28-48(11,37-17-3)38-18-4)42-41-46(9)32-33(7)34-24-22-21-23-25-34/h21-25,33,45-46H,15-20,26-32H2,1-14H3. The van der Waals surface area contributed by atoms with Gasteiger partial charge in [-0.3, -0.25) is 9.15 Å². The van der Waals surface area contributed by atoms with Crippen LogP contribution < -0.4 is 0 Å². The molecule has 0 bridgehead atoms. The summed E-state index contributed by atoms with van der Waals surface area (Å²) < 4.78 is 65.2. The molecule has 1 aromatic carbocycles. The van der Waals surface area contributed by atoms with Crippen molar-refractivity contribution in [3.05, 3.63) is 35.9 Å². The predicted molar refractivity (Wildman–Crippen MR) is 227 cm³/mol. The van der Waals surface area contributed by atoms with Gasteiger partial charge in [-0.2, -0.15) is 0 Å². The number of hydrogen-bond donors (Lipinski definition) is 0. The van der Waals surface area contributed by atoms with Crippen LogP contribution in [0.1, 0.15) is 59.9 Å². The molecule has 0 amide bonds. The molecule has 0 heterocycles. The van der Waals surface area contributed by atoms with Crippen molar-refractivity contribution in [1.29, 1.82) is 0 Å². The van der Waals surface area contributed by atoms with Crippen LogP contribution in [-0.4, -0.2) is 101 Å². The van der Waals surface area contributed by atoms with Crippen LogP contribution in [0.5, 0.6) is 0 Å². The first-order valence-electron chi connectivity index (χ1n) is 19.6. The molecule has 0 fully saturated rings. The van der Waals surface area contributed by atoms with Crippen molar-refractivity contribution in [1.82, 2.24) is 0 Å². The summed E-state index contributed by atoms with van der Waals surface area (Å²) in [5.41, 5.74) is 1.32. The van der Waals surface area contributed by atoms with E-state index < -0.39 is 60.9 Å². The van der Waals surface area contributed by atoms with Gasteiger partial charge in [-0.05, 0) is 141 Å². The molecule has 17 heteroatoms. The van der Waals surface area contributed by atoms with E-state index in [0.717, 1.165) is 36.3 Å². The third kappa shape index (κ3) is 19.7. The van der Waals surface area contributed by atoms with E-state index in [9.17, 15) is 0 Å². The van der Waals surface area contributed by atoms with E-state index in [2.05, 4.69) is 83.1 Å². The Hall–Kier alpha value is 0.338. The van der Waals surface area contributed by atoms with Gasteiger partial charge in [0, 0.05) is 39.6 Å². The van der Waals surface area contributed by atoms with Crippen LogP contribution in [0.25, 0.3) is 0 Å². The van der Waals surface area contributed by atoms with E-state index >= 15 is 0 Å². The molecule has 0 aliphatic rings. The Labute approximate surface area is 321 Å². The second kappa shape index (κ2) is 24.8. The molecule has 51 heavy (non-hydrogen) atoms. The molecule has 0 radical (unpaired) electrons. The van der Waals surface area contributed by atoms with Crippen molar-refractivity contribution in [3.8, 4) is 0 Å². The fourth-order valence-corrected chi connectivity index (χ4v) is 34.8. The Morgan fingerprint density at radius 1 is 0.529 bits per heavy atom. The fraction of sp³-hybridized carbons (Fsp3) is 0.824. The molecule has 300 valence electrons. The van der Waals surface area contributed by atoms with Crippen molar-refractivity contribution in [3.63, 3.8) is 0 Å². The molecule has 0 aliphatic carbocycles. The summed E-state index contributed by atoms with van der Waals surface area (Å²) in [5.74, 6) is 0.383.